The van der Waals surface area contributed by atoms with E-state index < -0.39 is 5.97 Å². The summed E-state index contributed by atoms with van der Waals surface area (Å²) >= 11 is 0. The Balaban J connectivity index is 2.05. The number of aliphatic carboxylic acids is 1. The number of hydrogen-bond acceptors (Lipinski definition) is 1. The van der Waals surface area contributed by atoms with Crippen LogP contribution < -0.4 is 0 Å². The van der Waals surface area contributed by atoms with Crippen molar-refractivity contribution in [3.63, 3.8) is 0 Å². The molecular weight excluding hydrogens is 238 g/mol. The fraction of sp³-hybridized carbons (Fsp3) is 0.312. The Morgan fingerprint density at radius 1 is 1.26 bits per heavy atom. The lowest BCUT2D eigenvalue weighted by atomic mass is 9.82. The summed E-state index contributed by atoms with van der Waals surface area (Å²) in [6.45, 7) is 0. The zero-order valence-electron chi connectivity index (χ0n) is 10.6. The van der Waals surface area contributed by atoms with Crippen molar-refractivity contribution in [3.8, 4) is 0 Å². The number of hydrogen-bond donors (Lipinski definition) is 2. The van der Waals surface area contributed by atoms with Crippen LogP contribution in [0.4, 0.5) is 0 Å². The average Bonchev–Trinajstić information content (AvgIpc) is 3.01. The first-order valence-corrected chi connectivity index (χ1v) is 6.80. The van der Waals surface area contributed by atoms with Crippen molar-refractivity contribution >= 4 is 22.4 Å². The number of carboxylic acids is 1. The molecule has 19 heavy (non-hydrogen) atoms. The molecule has 1 atom stereocenters. The van der Waals surface area contributed by atoms with Gasteiger partial charge in [0.05, 0.1) is 5.92 Å². The minimum absolute atomic E-state index is 0.386. The summed E-state index contributed by atoms with van der Waals surface area (Å²) in [5, 5.41) is 10.6. The van der Waals surface area contributed by atoms with E-state index in [1.807, 2.05) is 24.3 Å². The second-order valence-electron chi connectivity index (χ2n) is 5.49. The molecule has 0 saturated heterocycles. The van der Waals surface area contributed by atoms with E-state index in [0.29, 0.717) is 6.42 Å². The molecule has 0 bridgehead atoms. The van der Waals surface area contributed by atoms with E-state index in [4.69, 9.17) is 0 Å². The molecule has 1 heterocycles. The highest BCUT2D eigenvalue weighted by Gasteiger charge is 2.35. The Hall–Kier alpha value is -2.03. The first-order chi connectivity index (χ1) is 9.25. The Labute approximate surface area is 110 Å². The maximum Gasteiger partial charge on any atom is 0.311 e. The molecule has 3 heteroatoms. The fourth-order valence-electron chi connectivity index (χ4n) is 3.66. The molecule has 2 aliphatic rings. The molecule has 4 rings (SSSR count). The first kappa shape index (κ1) is 10.9. The predicted octanol–water partition coefficient (Wildman–Crippen LogP) is 3.68. The zero-order valence-corrected chi connectivity index (χ0v) is 10.6. The molecule has 0 radical (unpaired) electrons. The van der Waals surface area contributed by atoms with Crippen LogP contribution in [0.1, 0.15) is 42.9 Å². The van der Waals surface area contributed by atoms with E-state index in [2.05, 4.69) is 4.98 Å². The Morgan fingerprint density at radius 3 is 2.95 bits per heavy atom. The quantitative estimate of drug-likeness (QED) is 0.814. The number of rotatable bonds is 1. The van der Waals surface area contributed by atoms with Crippen LogP contribution in [-0.2, 0) is 4.79 Å². The first-order valence-electron chi connectivity index (χ1n) is 6.80. The summed E-state index contributed by atoms with van der Waals surface area (Å²) in [6, 6.07) is 8.03. The van der Waals surface area contributed by atoms with Crippen molar-refractivity contribution in [1.29, 1.82) is 0 Å². The van der Waals surface area contributed by atoms with Gasteiger partial charge < -0.3 is 10.1 Å². The van der Waals surface area contributed by atoms with Gasteiger partial charge in [0.1, 0.15) is 0 Å². The lowest BCUT2D eigenvalue weighted by Crippen LogP contribution is -2.16. The number of fused-ring (bicyclic) bond motifs is 4. The largest absolute Gasteiger partial charge is 0.481 e. The Kier molecular flexibility index (Phi) is 2.13. The molecule has 0 aliphatic heterocycles. The monoisotopic (exact) mass is 253 g/mol. The van der Waals surface area contributed by atoms with Gasteiger partial charge in [0.2, 0.25) is 0 Å². The van der Waals surface area contributed by atoms with Gasteiger partial charge in [-0.05, 0) is 42.9 Å². The van der Waals surface area contributed by atoms with Gasteiger partial charge in [0.25, 0.3) is 0 Å². The summed E-state index contributed by atoms with van der Waals surface area (Å²) in [6.07, 6.45) is 4.00. The Morgan fingerprint density at radius 2 is 2.11 bits per heavy atom. The van der Waals surface area contributed by atoms with Gasteiger partial charge in [-0.25, -0.2) is 0 Å². The van der Waals surface area contributed by atoms with Crippen molar-refractivity contribution in [2.75, 3.05) is 0 Å². The van der Waals surface area contributed by atoms with E-state index in [1.54, 1.807) is 0 Å². The molecule has 1 aromatic heterocycles. The van der Waals surface area contributed by atoms with Crippen LogP contribution in [0.15, 0.2) is 29.8 Å². The van der Waals surface area contributed by atoms with E-state index in [9.17, 15) is 9.90 Å². The molecule has 2 N–H and O–H groups in total. The van der Waals surface area contributed by atoms with Gasteiger partial charge in [-0.1, -0.05) is 23.8 Å². The highest BCUT2D eigenvalue weighted by molar-refractivity contribution is 5.96. The third-order valence-electron chi connectivity index (χ3n) is 4.48. The van der Waals surface area contributed by atoms with E-state index in [0.717, 1.165) is 41.4 Å². The minimum Gasteiger partial charge on any atom is -0.481 e. The third-order valence-corrected chi connectivity index (χ3v) is 4.48. The van der Waals surface area contributed by atoms with Crippen LogP contribution in [0.25, 0.3) is 16.5 Å². The van der Waals surface area contributed by atoms with Gasteiger partial charge in [0.15, 0.2) is 0 Å². The van der Waals surface area contributed by atoms with Gasteiger partial charge >= 0.3 is 5.97 Å². The Bertz CT molecular complexity index is 723. The highest BCUT2D eigenvalue weighted by atomic mass is 16.4. The lowest BCUT2D eigenvalue weighted by molar-refractivity contribution is -0.138. The van der Waals surface area contributed by atoms with Crippen molar-refractivity contribution < 1.29 is 9.90 Å². The molecule has 0 spiro atoms. The minimum atomic E-state index is -0.704. The third kappa shape index (κ3) is 1.41. The number of carbonyl (C=O) groups is 1. The standard InChI is InChI=1S/C16H15NO2/c18-16(19)12-8-9-4-3-6-10(9)15-14(12)11-5-1-2-7-13(11)17-15/h1-2,5,7,12,17H,3-4,6,8H2,(H,18,19). The fourth-order valence-corrected chi connectivity index (χ4v) is 3.66. The summed E-state index contributed by atoms with van der Waals surface area (Å²) in [5.41, 5.74) is 5.88. The molecule has 1 aromatic carbocycles. The second kappa shape index (κ2) is 3.73. The molecule has 0 fully saturated rings. The number of benzene rings is 1. The highest BCUT2D eigenvalue weighted by Crippen LogP contribution is 2.48. The number of para-hydroxylation sites is 1. The number of allylic oxidation sites excluding steroid dienone is 2. The molecule has 3 nitrogen and oxygen atoms in total. The predicted molar refractivity (Wildman–Crippen MR) is 74.1 cm³/mol. The number of nitrogens with one attached hydrogen (secondary N) is 1. The molecular formula is C16H15NO2. The van der Waals surface area contributed by atoms with Crippen LogP contribution in [0.3, 0.4) is 0 Å². The normalized spacial score (nSPS) is 21.6. The molecule has 2 aromatic rings. The van der Waals surface area contributed by atoms with Crippen LogP contribution in [0.5, 0.6) is 0 Å². The van der Waals surface area contributed by atoms with E-state index in [-0.39, 0.29) is 5.92 Å². The maximum absolute atomic E-state index is 11.6. The van der Waals surface area contributed by atoms with E-state index in [1.165, 1.54) is 11.1 Å². The molecule has 0 saturated carbocycles. The van der Waals surface area contributed by atoms with Crippen LogP contribution in [-0.4, -0.2) is 16.1 Å². The van der Waals surface area contributed by atoms with Crippen molar-refractivity contribution in [1.82, 2.24) is 4.98 Å². The summed E-state index contributed by atoms with van der Waals surface area (Å²) in [7, 11) is 0. The van der Waals surface area contributed by atoms with E-state index >= 15 is 0 Å². The van der Waals surface area contributed by atoms with Crippen LogP contribution in [0.2, 0.25) is 0 Å². The summed E-state index contributed by atoms with van der Waals surface area (Å²) in [4.78, 5) is 15.1. The van der Waals surface area contributed by atoms with Gasteiger partial charge in [-0.3, -0.25) is 4.79 Å². The van der Waals surface area contributed by atoms with Crippen molar-refractivity contribution in [2.45, 2.75) is 31.6 Å². The van der Waals surface area contributed by atoms with Crippen molar-refractivity contribution in [3.05, 3.63) is 41.1 Å². The smallest absolute Gasteiger partial charge is 0.311 e. The number of carboxylic acid groups (broad SMARTS) is 1. The molecule has 2 aliphatic carbocycles. The average molecular weight is 253 g/mol. The zero-order chi connectivity index (χ0) is 13.0. The number of aromatic amines is 1. The SMILES string of the molecule is O=C(O)C1CC2=C(CCC2)c2[nH]c3ccccc3c21. The summed E-state index contributed by atoms with van der Waals surface area (Å²) in [5.74, 6) is -1.09. The van der Waals surface area contributed by atoms with Gasteiger partial charge in [0, 0.05) is 16.6 Å². The van der Waals surface area contributed by atoms with Crippen LogP contribution in [0, 0.1) is 0 Å². The van der Waals surface area contributed by atoms with Gasteiger partial charge in [-0.15, -0.1) is 0 Å². The second-order valence-corrected chi connectivity index (χ2v) is 5.49. The number of H-pyrrole nitrogens is 1. The molecule has 0 amide bonds. The molecule has 96 valence electrons. The van der Waals surface area contributed by atoms with Crippen molar-refractivity contribution in [2.24, 2.45) is 0 Å². The number of aromatic nitrogens is 1. The van der Waals surface area contributed by atoms with Gasteiger partial charge in [-0.2, -0.15) is 0 Å². The lowest BCUT2D eigenvalue weighted by Gasteiger charge is -2.22. The molecule has 1 unspecified atom stereocenters. The summed E-state index contributed by atoms with van der Waals surface area (Å²) < 4.78 is 0. The van der Waals surface area contributed by atoms with Crippen LogP contribution >= 0.6 is 0 Å². The maximum atomic E-state index is 11.6. The topological polar surface area (TPSA) is 53.1 Å².